The van der Waals surface area contributed by atoms with E-state index >= 15 is 0 Å². The van der Waals surface area contributed by atoms with Crippen LogP contribution in [0.25, 0.3) is 11.1 Å². The predicted octanol–water partition coefficient (Wildman–Crippen LogP) is 5.33. The molecule has 0 radical (unpaired) electrons. The van der Waals surface area contributed by atoms with E-state index < -0.39 is 122 Å². The molecule has 0 aromatic heterocycles. The van der Waals surface area contributed by atoms with Gasteiger partial charge in [0.15, 0.2) is 58.2 Å². The largest absolute Gasteiger partial charge is 0.508 e. The SMILES string of the molecule is O=C(O[C@@H]1Cc2c(O)cc(O)cc2O[C@@H]1c1ccccc1-c1c([C@H]2Oc3cc(O)cc(O)c3C[C@H]2OC(=O)c2cc(O)c(O)c(O)c2)cc(O)c(O)c1O)c1cc(O)c(O)c(O)c1. The lowest BCUT2D eigenvalue weighted by Gasteiger charge is -2.36. The van der Waals surface area contributed by atoms with Crippen LogP contribution in [0.5, 0.6) is 86.2 Å². The zero-order valence-corrected chi connectivity index (χ0v) is 32.0. The van der Waals surface area contributed by atoms with E-state index in [1.54, 1.807) is 0 Å². The van der Waals surface area contributed by atoms with E-state index in [2.05, 4.69) is 0 Å². The van der Waals surface area contributed by atoms with E-state index in [-0.39, 0.29) is 57.7 Å². The molecule has 4 atom stereocenters. The normalized spacial score (nSPS) is 17.7. The fraction of sp³-hybridized carbons (Fsp3) is 0.136. The molecule has 2 aliphatic rings. The third-order valence-corrected chi connectivity index (χ3v) is 10.6. The molecule has 0 unspecified atom stereocenters. The molecule has 324 valence electrons. The highest BCUT2D eigenvalue weighted by Gasteiger charge is 2.42. The van der Waals surface area contributed by atoms with Crippen molar-refractivity contribution in [1.82, 2.24) is 0 Å². The monoisotopic (exact) mass is 866 g/mol. The quantitative estimate of drug-likeness (QED) is 0.0712. The van der Waals surface area contributed by atoms with Crippen molar-refractivity contribution in [2.24, 2.45) is 0 Å². The highest BCUT2D eigenvalue weighted by molar-refractivity contribution is 5.92. The lowest BCUT2D eigenvalue weighted by molar-refractivity contribution is -0.0196. The van der Waals surface area contributed by atoms with Crippen LogP contribution in [-0.2, 0) is 22.3 Å². The van der Waals surface area contributed by atoms with E-state index in [1.165, 1.54) is 30.3 Å². The molecule has 0 aliphatic carbocycles. The molecule has 0 saturated carbocycles. The molecule has 0 spiro atoms. The Morgan fingerprint density at radius 2 is 0.873 bits per heavy atom. The number of rotatable bonds is 7. The fourth-order valence-corrected chi connectivity index (χ4v) is 7.63. The van der Waals surface area contributed by atoms with Crippen LogP contribution >= 0.6 is 0 Å². The van der Waals surface area contributed by atoms with Crippen LogP contribution in [0.2, 0.25) is 0 Å². The van der Waals surface area contributed by atoms with Crippen LogP contribution in [0.3, 0.4) is 0 Å². The number of carbonyl (C=O) groups is 2. The van der Waals surface area contributed by atoms with Crippen molar-refractivity contribution in [1.29, 1.82) is 0 Å². The van der Waals surface area contributed by atoms with Crippen LogP contribution in [-0.4, -0.2) is 90.5 Å². The second-order valence-corrected chi connectivity index (χ2v) is 14.6. The van der Waals surface area contributed by atoms with E-state index in [9.17, 15) is 76.0 Å². The number of benzene rings is 6. The van der Waals surface area contributed by atoms with E-state index in [0.717, 1.165) is 48.5 Å². The number of esters is 2. The Hall–Kier alpha value is -8.74. The van der Waals surface area contributed by atoms with E-state index in [0.29, 0.717) is 0 Å². The molecule has 0 amide bonds. The Labute approximate surface area is 353 Å². The molecular formula is C44H34O19. The third kappa shape index (κ3) is 7.32. The summed E-state index contributed by atoms with van der Waals surface area (Å²) in [6.45, 7) is 0. The predicted molar refractivity (Wildman–Crippen MR) is 212 cm³/mol. The van der Waals surface area contributed by atoms with Crippen LogP contribution in [0.15, 0.2) is 78.9 Å². The topological polar surface area (TPSA) is 334 Å². The van der Waals surface area contributed by atoms with Crippen molar-refractivity contribution in [3.05, 3.63) is 112 Å². The van der Waals surface area contributed by atoms with Crippen LogP contribution in [0, 0.1) is 0 Å². The summed E-state index contributed by atoms with van der Waals surface area (Å²) in [6.07, 6.45) is -6.63. The van der Waals surface area contributed by atoms with Crippen LogP contribution in [0.1, 0.15) is 55.2 Å². The number of fused-ring (bicyclic) bond motifs is 2. The van der Waals surface area contributed by atoms with Crippen molar-refractivity contribution in [3.63, 3.8) is 0 Å². The summed E-state index contributed by atoms with van der Waals surface area (Å²) in [5.41, 5.74) is -1.17. The van der Waals surface area contributed by atoms with Gasteiger partial charge in [-0.2, -0.15) is 0 Å². The summed E-state index contributed by atoms with van der Waals surface area (Å²) < 4.78 is 24.3. The van der Waals surface area contributed by atoms with Gasteiger partial charge in [-0.15, -0.1) is 0 Å². The molecule has 0 saturated heterocycles. The Morgan fingerprint density at radius 1 is 0.460 bits per heavy atom. The Balaban J connectivity index is 1.28. The molecule has 6 aromatic rings. The van der Waals surface area contributed by atoms with Gasteiger partial charge in [-0.3, -0.25) is 0 Å². The average molecular weight is 867 g/mol. The first-order valence-corrected chi connectivity index (χ1v) is 18.6. The summed E-state index contributed by atoms with van der Waals surface area (Å²) >= 11 is 0. The zero-order valence-electron chi connectivity index (χ0n) is 32.0. The summed E-state index contributed by atoms with van der Waals surface area (Å²) in [7, 11) is 0. The van der Waals surface area contributed by atoms with Crippen molar-refractivity contribution in [2.75, 3.05) is 0 Å². The Kier molecular flexibility index (Phi) is 10.0. The van der Waals surface area contributed by atoms with Gasteiger partial charge in [0.25, 0.3) is 0 Å². The minimum absolute atomic E-state index is 0.00861. The zero-order chi connectivity index (χ0) is 45.2. The smallest absolute Gasteiger partial charge is 0.338 e. The van der Waals surface area contributed by atoms with Crippen molar-refractivity contribution in [3.8, 4) is 97.4 Å². The number of phenolic OH excluding ortho intramolecular Hbond substituents is 13. The molecule has 8 rings (SSSR count). The number of ether oxygens (including phenoxy) is 4. The first kappa shape index (κ1) is 41.0. The summed E-state index contributed by atoms with van der Waals surface area (Å²) in [4.78, 5) is 27.3. The molecule has 0 fully saturated rings. The average Bonchev–Trinajstić information content (AvgIpc) is 3.23. The maximum absolute atomic E-state index is 13.6. The number of phenols is 13. The summed E-state index contributed by atoms with van der Waals surface area (Å²) in [5, 5.41) is 136. The van der Waals surface area contributed by atoms with Gasteiger partial charge >= 0.3 is 11.9 Å². The number of hydrogen-bond acceptors (Lipinski definition) is 19. The third-order valence-electron chi connectivity index (χ3n) is 10.6. The van der Waals surface area contributed by atoms with Crippen LogP contribution < -0.4 is 9.47 Å². The standard InChI is InChI=1S/C44H34O19/c45-18-9-25(47)22-14-34(62-43(58)16-5-27(49)37(54)28(50)6-16)41(60-32(22)11-18)21-4-2-1-3-20(21)36-24(13-31(53)39(56)40(36)57)42-35(15-23-26(48)10-19(46)12-33(23)61-42)63-44(59)17-7-29(51)38(55)30(52)8-17/h1-13,34-35,41-42,45-57H,14-15H2/t34-,35-,41-,42-/m1/s1. The molecule has 19 nitrogen and oxygen atoms in total. The Morgan fingerprint density at radius 3 is 1.33 bits per heavy atom. The van der Waals surface area contributed by atoms with Gasteiger partial charge in [0.2, 0.25) is 5.75 Å². The number of carbonyl (C=O) groups excluding carboxylic acids is 2. The van der Waals surface area contributed by atoms with Crippen molar-refractivity contribution >= 4 is 11.9 Å². The highest BCUT2D eigenvalue weighted by Crippen LogP contribution is 2.54. The molecule has 2 heterocycles. The van der Waals surface area contributed by atoms with Gasteiger partial charge in [0.1, 0.15) is 46.7 Å². The van der Waals surface area contributed by atoms with Crippen LogP contribution in [0.4, 0.5) is 0 Å². The van der Waals surface area contributed by atoms with Crippen molar-refractivity contribution in [2.45, 2.75) is 37.3 Å². The molecule has 19 heteroatoms. The fourth-order valence-electron chi connectivity index (χ4n) is 7.63. The van der Waals surface area contributed by atoms with Gasteiger partial charge in [0.05, 0.1) is 11.1 Å². The lowest BCUT2D eigenvalue weighted by atomic mass is 9.84. The lowest BCUT2D eigenvalue weighted by Crippen LogP contribution is -2.36. The maximum atomic E-state index is 13.6. The second-order valence-electron chi connectivity index (χ2n) is 14.6. The summed E-state index contributed by atoms with van der Waals surface area (Å²) in [5.74, 6) is -12.5. The van der Waals surface area contributed by atoms with E-state index in [4.69, 9.17) is 18.9 Å². The number of aromatic hydroxyl groups is 13. The van der Waals surface area contributed by atoms with Gasteiger partial charge < -0.3 is 85.3 Å². The van der Waals surface area contributed by atoms with E-state index in [1.807, 2.05) is 0 Å². The number of hydrogen-bond donors (Lipinski definition) is 13. The molecule has 0 bridgehead atoms. The first-order valence-electron chi connectivity index (χ1n) is 18.6. The van der Waals surface area contributed by atoms with Gasteiger partial charge in [-0.25, -0.2) is 9.59 Å². The maximum Gasteiger partial charge on any atom is 0.338 e. The Bertz CT molecular complexity index is 2820. The van der Waals surface area contributed by atoms with Gasteiger partial charge in [0, 0.05) is 64.9 Å². The molecule has 63 heavy (non-hydrogen) atoms. The summed E-state index contributed by atoms with van der Waals surface area (Å²) in [6, 6.07) is 14.5. The molecule has 6 aromatic carbocycles. The minimum atomic E-state index is -1.60. The first-order chi connectivity index (χ1) is 29.9. The molecular weight excluding hydrogens is 832 g/mol. The highest BCUT2D eigenvalue weighted by atomic mass is 16.6. The molecule has 13 N–H and O–H groups in total. The molecule has 2 aliphatic heterocycles. The van der Waals surface area contributed by atoms with Crippen molar-refractivity contribution < 1.29 is 94.9 Å². The van der Waals surface area contributed by atoms with Gasteiger partial charge in [-0.1, -0.05) is 24.3 Å². The minimum Gasteiger partial charge on any atom is -0.508 e. The second kappa shape index (κ2) is 15.4. The van der Waals surface area contributed by atoms with Gasteiger partial charge in [-0.05, 0) is 35.9 Å².